The molecule has 0 unspecified atom stereocenters. The van der Waals surface area contributed by atoms with Crippen LogP contribution in [-0.4, -0.2) is 25.5 Å². The molecule has 0 spiro atoms. The zero-order valence-corrected chi connectivity index (χ0v) is 12.8. The van der Waals surface area contributed by atoms with Crippen molar-refractivity contribution in [1.29, 1.82) is 0 Å². The van der Waals surface area contributed by atoms with Crippen LogP contribution in [0.2, 0.25) is 0 Å². The first-order valence-corrected chi connectivity index (χ1v) is 7.63. The number of carbonyl (C=O) groups is 1. The predicted molar refractivity (Wildman–Crippen MR) is 82.9 cm³/mol. The minimum absolute atomic E-state index is 0.0757. The number of nitrogens with zero attached hydrogens (tertiary/aromatic N) is 1. The van der Waals surface area contributed by atoms with Gasteiger partial charge in [-0.2, -0.15) is 0 Å². The van der Waals surface area contributed by atoms with E-state index in [1.54, 1.807) is 14.0 Å². The molecule has 1 aliphatic rings. The van der Waals surface area contributed by atoms with Crippen molar-refractivity contribution < 1.29 is 9.53 Å². The van der Waals surface area contributed by atoms with E-state index in [0.29, 0.717) is 11.8 Å². The molecule has 0 atom stereocenters. The van der Waals surface area contributed by atoms with Gasteiger partial charge in [-0.1, -0.05) is 25.3 Å². The molecule has 1 aromatic rings. The number of ether oxygens (including phenoxy) is 1. The minimum atomic E-state index is 0.0757. The van der Waals surface area contributed by atoms with Crippen LogP contribution in [0.4, 0.5) is 5.69 Å². The first-order valence-electron chi connectivity index (χ1n) is 7.63. The number of benzene rings is 1. The van der Waals surface area contributed by atoms with Crippen molar-refractivity contribution in [2.45, 2.75) is 52.0 Å². The van der Waals surface area contributed by atoms with Gasteiger partial charge >= 0.3 is 0 Å². The van der Waals surface area contributed by atoms with Gasteiger partial charge < -0.3 is 9.64 Å². The van der Waals surface area contributed by atoms with Gasteiger partial charge in [0.05, 0.1) is 18.4 Å². The average Bonchev–Trinajstić information content (AvgIpc) is 2.48. The molecule has 2 rings (SSSR count). The fourth-order valence-corrected chi connectivity index (χ4v) is 3.30. The van der Waals surface area contributed by atoms with E-state index >= 15 is 0 Å². The maximum absolute atomic E-state index is 12.0. The van der Waals surface area contributed by atoms with Gasteiger partial charge in [-0.15, -0.1) is 0 Å². The first kappa shape index (κ1) is 14.9. The van der Waals surface area contributed by atoms with Crippen molar-refractivity contribution >= 4 is 11.5 Å². The van der Waals surface area contributed by atoms with Crippen LogP contribution in [0.3, 0.4) is 0 Å². The van der Waals surface area contributed by atoms with Gasteiger partial charge in [-0.05, 0) is 38.8 Å². The maximum Gasteiger partial charge on any atom is 0.165 e. The number of rotatable bonds is 5. The van der Waals surface area contributed by atoms with Crippen LogP contribution >= 0.6 is 0 Å². The van der Waals surface area contributed by atoms with Gasteiger partial charge in [0.1, 0.15) is 5.75 Å². The van der Waals surface area contributed by atoms with Gasteiger partial charge in [0.25, 0.3) is 0 Å². The van der Waals surface area contributed by atoms with E-state index < -0.39 is 0 Å². The Hall–Kier alpha value is -1.51. The van der Waals surface area contributed by atoms with Crippen LogP contribution in [0.5, 0.6) is 5.75 Å². The lowest BCUT2D eigenvalue weighted by Gasteiger charge is -2.36. The zero-order valence-electron chi connectivity index (χ0n) is 12.8. The first-order chi connectivity index (χ1) is 9.69. The second-order valence-corrected chi connectivity index (χ2v) is 5.49. The Morgan fingerprint density at radius 3 is 2.55 bits per heavy atom. The summed E-state index contributed by atoms with van der Waals surface area (Å²) in [6.07, 6.45) is 6.37. The summed E-state index contributed by atoms with van der Waals surface area (Å²) in [6, 6.07) is 6.46. The predicted octanol–water partition coefficient (Wildman–Crippen LogP) is 4.06. The van der Waals surface area contributed by atoms with Crippen LogP contribution in [-0.2, 0) is 0 Å². The summed E-state index contributed by atoms with van der Waals surface area (Å²) in [5, 5.41) is 0. The monoisotopic (exact) mass is 275 g/mol. The highest BCUT2D eigenvalue weighted by molar-refractivity contribution is 6.02. The molecule has 3 heteroatoms. The lowest BCUT2D eigenvalue weighted by molar-refractivity contribution is 0.101. The fraction of sp³-hybridized carbons (Fsp3) is 0.588. The van der Waals surface area contributed by atoms with E-state index in [0.717, 1.165) is 17.8 Å². The van der Waals surface area contributed by atoms with Gasteiger partial charge in [0.2, 0.25) is 0 Å². The standard InChI is InChI=1S/C17H25NO2/c1-4-18(14-9-6-5-7-10-14)15-11-8-12-16(20-3)17(15)13(2)19/h8,11-12,14H,4-7,9-10H2,1-3H3. The van der Waals surface area contributed by atoms with Gasteiger partial charge in [-0.25, -0.2) is 0 Å². The fourth-order valence-electron chi connectivity index (χ4n) is 3.30. The SMILES string of the molecule is CCN(c1cccc(OC)c1C(C)=O)C1CCCCC1. The average molecular weight is 275 g/mol. The third kappa shape index (κ3) is 2.97. The highest BCUT2D eigenvalue weighted by Gasteiger charge is 2.24. The molecule has 1 fully saturated rings. The number of hydrogen-bond acceptors (Lipinski definition) is 3. The van der Waals surface area contributed by atoms with Gasteiger partial charge in [-0.3, -0.25) is 4.79 Å². The highest BCUT2D eigenvalue weighted by Crippen LogP contribution is 2.34. The Balaban J connectivity index is 2.40. The maximum atomic E-state index is 12.0. The Morgan fingerprint density at radius 1 is 1.30 bits per heavy atom. The second-order valence-electron chi connectivity index (χ2n) is 5.49. The summed E-state index contributed by atoms with van der Waals surface area (Å²) in [6.45, 7) is 4.71. The molecule has 0 radical (unpaired) electrons. The van der Waals surface area contributed by atoms with E-state index in [-0.39, 0.29) is 5.78 Å². The quantitative estimate of drug-likeness (QED) is 0.759. The van der Waals surface area contributed by atoms with Crippen molar-refractivity contribution in [3.63, 3.8) is 0 Å². The molecule has 20 heavy (non-hydrogen) atoms. The number of Topliss-reactive ketones (excluding diaryl/α,β-unsaturated/α-hetero) is 1. The third-order valence-corrected chi connectivity index (χ3v) is 4.24. The van der Waals surface area contributed by atoms with E-state index in [1.165, 1.54) is 32.1 Å². The van der Waals surface area contributed by atoms with E-state index in [9.17, 15) is 4.79 Å². The molecule has 0 aromatic heterocycles. The van der Waals surface area contributed by atoms with Crippen molar-refractivity contribution in [3.05, 3.63) is 23.8 Å². The third-order valence-electron chi connectivity index (χ3n) is 4.24. The molecular weight excluding hydrogens is 250 g/mol. The molecule has 0 heterocycles. The molecule has 1 aromatic carbocycles. The molecular formula is C17H25NO2. The van der Waals surface area contributed by atoms with E-state index in [2.05, 4.69) is 17.9 Å². The minimum Gasteiger partial charge on any atom is -0.496 e. The Bertz CT molecular complexity index is 464. The number of methoxy groups -OCH3 is 1. The Labute approximate surface area is 121 Å². The van der Waals surface area contributed by atoms with Crippen molar-refractivity contribution in [1.82, 2.24) is 0 Å². The highest BCUT2D eigenvalue weighted by atomic mass is 16.5. The number of hydrogen-bond donors (Lipinski definition) is 0. The summed E-state index contributed by atoms with van der Waals surface area (Å²) in [4.78, 5) is 14.4. The summed E-state index contributed by atoms with van der Waals surface area (Å²) < 4.78 is 5.38. The summed E-state index contributed by atoms with van der Waals surface area (Å²) in [5.74, 6) is 0.760. The lowest BCUT2D eigenvalue weighted by Crippen LogP contribution is -2.37. The topological polar surface area (TPSA) is 29.5 Å². The van der Waals surface area contributed by atoms with Crippen LogP contribution in [0.25, 0.3) is 0 Å². The van der Waals surface area contributed by atoms with Crippen LogP contribution in [0.1, 0.15) is 56.3 Å². The molecule has 1 aliphatic carbocycles. The molecule has 1 saturated carbocycles. The smallest absolute Gasteiger partial charge is 0.165 e. The van der Waals surface area contributed by atoms with Crippen LogP contribution in [0, 0.1) is 0 Å². The lowest BCUT2D eigenvalue weighted by atomic mass is 9.93. The normalized spacial score (nSPS) is 15.9. The zero-order chi connectivity index (χ0) is 14.5. The number of ketones is 1. The van der Waals surface area contributed by atoms with Crippen LogP contribution in [0.15, 0.2) is 18.2 Å². The molecule has 0 saturated heterocycles. The van der Waals surface area contributed by atoms with Gasteiger partial charge in [0.15, 0.2) is 5.78 Å². The van der Waals surface area contributed by atoms with Crippen molar-refractivity contribution in [2.24, 2.45) is 0 Å². The molecule has 0 N–H and O–H groups in total. The van der Waals surface area contributed by atoms with E-state index in [1.807, 2.05) is 12.1 Å². The summed E-state index contributed by atoms with van der Waals surface area (Å²) in [7, 11) is 1.63. The van der Waals surface area contributed by atoms with Crippen LogP contribution < -0.4 is 9.64 Å². The Kier molecular flexibility index (Phi) is 5.05. The molecule has 0 aliphatic heterocycles. The molecule has 0 amide bonds. The summed E-state index contributed by atoms with van der Waals surface area (Å²) >= 11 is 0. The van der Waals surface area contributed by atoms with E-state index in [4.69, 9.17) is 4.74 Å². The van der Waals surface area contributed by atoms with Gasteiger partial charge in [0, 0.05) is 12.6 Å². The van der Waals surface area contributed by atoms with Crippen molar-refractivity contribution in [3.8, 4) is 5.75 Å². The number of anilines is 1. The van der Waals surface area contributed by atoms with Crippen molar-refractivity contribution in [2.75, 3.05) is 18.6 Å². The second kappa shape index (κ2) is 6.78. The molecule has 0 bridgehead atoms. The largest absolute Gasteiger partial charge is 0.496 e. The summed E-state index contributed by atoms with van der Waals surface area (Å²) in [5.41, 5.74) is 1.76. The molecule has 3 nitrogen and oxygen atoms in total. The molecule has 110 valence electrons. The number of carbonyl (C=O) groups excluding carboxylic acids is 1. The Morgan fingerprint density at radius 2 is 2.00 bits per heavy atom.